The standard InChI is InChI=1S/C28H30BrClN2O2/c1-20(2)18-31-28(34)26(16-21-7-4-3-5-8-21)32(19-22-11-13-24(29)14-12-22)27(33)17-23-9-6-10-25(30)15-23/h3-15,20,26H,16-19H2,1-2H3,(H,31,34)/t26-/m0/s1. The van der Waals surface area contributed by atoms with Gasteiger partial charge in [-0.15, -0.1) is 0 Å². The molecule has 0 radical (unpaired) electrons. The van der Waals surface area contributed by atoms with E-state index >= 15 is 0 Å². The van der Waals surface area contributed by atoms with Crippen molar-refractivity contribution in [1.82, 2.24) is 10.2 Å². The van der Waals surface area contributed by atoms with E-state index in [1.54, 1.807) is 17.0 Å². The van der Waals surface area contributed by atoms with Crippen LogP contribution in [0.4, 0.5) is 0 Å². The molecule has 0 saturated heterocycles. The van der Waals surface area contributed by atoms with E-state index in [9.17, 15) is 9.59 Å². The van der Waals surface area contributed by atoms with Gasteiger partial charge in [-0.1, -0.05) is 96.0 Å². The minimum Gasteiger partial charge on any atom is -0.354 e. The molecular weight excluding hydrogens is 512 g/mol. The highest BCUT2D eigenvalue weighted by Crippen LogP contribution is 2.19. The second-order valence-corrected chi connectivity index (χ2v) is 10.2. The molecule has 0 aliphatic rings. The zero-order valence-corrected chi connectivity index (χ0v) is 21.9. The molecule has 3 aromatic rings. The van der Waals surface area contributed by atoms with E-state index in [4.69, 9.17) is 11.6 Å². The van der Waals surface area contributed by atoms with Crippen molar-refractivity contribution in [2.75, 3.05) is 6.54 Å². The third-order valence-electron chi connectivity index (χ3n) is 5.47. The summed E-state index contributed by atoms with van der Waals surface area (Å²) >= 11 is 9.62. The molecule has 1 atom stereocenters. The monoisotopic (exact) mass is 540 g/mol. The Hall–Kier alpha value is -2.63. The molecule has 0 bridgehead atoms. The Balaban J connectivity index is 1.94. The van der Waals surface area contributed by atoms with Crippen LogP contribution < -0.4 is 5.32 Å². The van der Waals surface area contributed by atoms with E-state index in [1.807, 2.05) is 66.7 Å². The zero-order valence-electron chi connectivity index (χ0n) is 19.5. The van der Waals surface area contributed by atoms with Crippen LogP contribution in [0.5, 0.6) is 0 Å². The molecular formula is C28H30BrClN2O2. The fourth-order valence-corrected chi connectivity index (χ4v) is 4.16. The number of rotatable bonds is 10. The van der Waals surface area contributed by atoms with Gasteiger partial charge in [-0.2, -0.15) is 0 Å². The van der Waals surface area contributed by atoms with E-state index in [0.717, 1.165) is 21.2 Å². The third-order valence-corrected chi connectivity index (χ3v) is 6.23. The molecule has 2 amide bonds. The molecule has 178 valence electrons. The van der Waals surface area contributed by atoms with Gasteiger partial charge in [0.25, 0.3) is 0 Å². The van der Waals surface area contributed by atoms with Crippen LogP contribution in [0.3, 0.4) is 0 Å². The Labute approximate surface area is 215 Å². The largest absolute Gasteiger partial charge is 0.354 e. The SMILES string of the molecule is CC(C)CNC(=O)[C@H](Cc1ccccc1)N(Cc1ccc(Br)cc1)C(=O)Cc1cccc(Cl)c1. The number of halogens is 2. The van der Waals surface area contributed by atoms with Crippen LogP contribution in [0.15, 0.2) is 83.3 Å². The first-order valence-electron chi connectivity index (χ1n) is 11.4. The molecule has 34 heavy (non-hydrogen) atoms. The van der Waals surface area contributed by atoms with Gasteiger partial charge in [0.15, 0.2) is 0 Å². The van der Waals surface area contributed by atoms with Crippen LogP contribution >= 0.6 is 27.5 Å². The van der Waals surface area contributed by atoms with Gasteiger partial charge in [-0.05, 0) is 46.9 Å². The number of nitrogens with zero attached hydrogens (tertiary/aromatic N) is 1. The number of benzene rings is 3. The summed E-state index contributed by atoms with van der Waals surface area (Å²) in [7, 11) is 0. The van der Waals surface area contributed by atoms with Gasteiger partial charge in [-0.3, -0.25) is 9.59 Å². The molecule has 0 aromatic heterocycles. The van der Waals surface area contributed by atoms with Crippen molar-refractivity contribution >= 4 is 39.3 Å². The summed E-state index contributed by atoms with van der Waals surface area (Å²) in [6, 6.07) is 24.3. The topological polar surface area (TPSA) is 49.4 Å². The van der Waals surface area contributed by atoms with Crippen LogP contribution in [-0.4, -0.2) is 29.3 Å². The van der Waals surface area contributed by atoms with E-state index in [-0.39, 0.29) is 18.2 Å². The first-order chi connectivity index (χ1) is 16.3. The normalized spacial score (nSPS) is 11.8. The molecule has 4 nitrogen and oxygen atoms in total. The van der Waals surface area contributed by atoms with Crippen LogP contribution in [-0.2, 0) is 29.0 Å². The molecule has 6 heteroatoms. The number of carbonyl (C=O) groups excluding carboxylic acids is 2. The Morgan fingerprint density at radius 2 is 1.59 bits per heavy atom. The van der Waals surface area contributed by atoms with E-state index < -0.39 is 6.04 Å². The second kappa shape index (κ2) is 12.7. The molecule has 0 spiro atoms. The lowest BCUT2D eigenvalue weighted by atomic mass is 10.0. The summed E-state index contributed by atoms with van der Waals surface area (Å²) in [5, 5.41) is 3.63. The molecule has 0 unspecified atom stereocenters. The van der Waals surface area contributed by atoms with Crippen LogP contribution in [0.25, 0.3) is 0 Å². The number of amides is 2. The lowest BCUT2D eigenvalue weighted by Gasteiger charge is -2.32. The lowest BCUT2D eigenvalue weighted by Crippen LogP contribution is -2.51. The van der Waals surface area contributed by atoms with E-state index in [2.05, 4.69) is 35.1 Å². The van der Waals surface area contributed by atoms with Crippen molar-refractivity contribution in [3.63, 3.8) is 0 Å². The Morgan fingerprint density at radius 3 is 2.24 bits per heavy atom. The van der Waals surface area contributed by atoms with Crippen LogP contribution in [0, 0.1) is 5.92 Å². The molecule has 0 aliphatic carbocycles. The van der Waals surface area contributed by atoms with Crippen molar-refractivity contribution in [2.45, 2.75) is 39.3 Å². The summed E-state index contributed by atoms with van der Waals surface area (Å²) in [6.45, 7) is 4.99. The van der Waals surface area contributed by atoms with Crippen molar-refractivity contribution in [3.8, 4) is 0 Å². The number of carbonyl (C=O) groups is 2. The van der Waals surface area contributed by atoms with Gasteiger partial charge in [0.1, 0.15) is 6.04 Å². The van der Waals surface area contributed by atoms with Gasteiger partial charge >= 0.3 is 0 Å². The van der Waals surface area contributed by atoms with E-state index in [1.165, 1.54) is 0 Å². The minimum absolute atomic E-state index is 0.120. The highest BCUT2D eigenvalue weighted by Gasteiger charge is 2.30. The molecule has 1 N–H and O–H groups in total. The van der Waals surface area contributed by atoms with Gasteiger partial charge in [0.2, 0.25) is 11.8 Å². The number of nitrogens with one attached hydrogen (secondary N) is 1. The number of hydrogen-bond acceptors (Lipinski definition) is 2. The molecule has 0 fully saturated rings. The fourth-order valence-electron chi connectivity index (χ4n) is 3.69. The first kappa shape index (κ1) is 26.0. The maximum absolute atomic E-state index is 13.7. The predicted octanol–water partition coefficient (Wildman–Crippen LogP) is 6.06. The van der Waals surface area contributed by atoms with Crippen LogP contribution in [0.1, 0.15) is 30.5 Å². The molecule has 3 rings (SSSR count). The summed E-state index contributed by atoms with van der Waals surface area (Å²) in [5.41, 5.74) is 2.78. The minimum atomic E-state index is -0.642. The smallest absolute Gasteiger partial charge is 0.243 e. The summed E-state index contributed by atoms with van der Waals surface area (Å²) in [6.07, 6.45) is 0.600. The van der Waals surface area contributed by atoms with Crippen molar-refractivity contribution in [3.05, 3.63) is 105 Å². The highest BCUT2D eigenvalue weighted by atomic mass is 79.9. The summed E-state index contributed by atoms with van der Waals surface area (Å²) in [5.74, 6) is 0.0448. The highest BCUT2D eigenvalue weighted by molar-refractivity contribution is 9.10. The quantitative estimate of drug-likeness (QED) is 0.339. The maximum Gasteiger partial charge on any atom is 0.243 e. The Kier molecular flexibility index (Phi) is 9.73. The third kappa shape index (κ3) is 8.00. The van der Waals surface area contributed by atoms with E-state index in [0.29, 0.717) is 30.5 Å². The first-order valence-corrected chi connectivity index (χ1v) is 12.6. The second-order valence-electron chi connectivity index (χ2n) is 8.80. The average Bonchev–Trinajstić information content (AvgIpc) is 2.81. The molecule has 0 saturated carbocycles. The molecule has 0 aliphatic heterocycles. The Bertz CT molecular complexity index is 1090. The molecule has 0 heterocycles. The lowest BCUT2D eigenvalue weighted by molar-refractivity contribution is -0.140. The van der Waals surface area contributed by atoms with Crippen LogP contribution in [0.2, 0.25) is 5.02 Å². The van der Waals surface area contributed by atoms with Crippen molar-refractivity contribution in [1.29, 1.82) is 0 Å². The number of hydrogen-bond donors (Lipinski definition) is 1. The Morgan fingerprint density at radius 1 is 0.912 bits per heavy atom. The predicted molar refractivity (Wildman–Crippen MR) is 142 cm³/mol. The molecule has 3 aromatic carbocycles. The summed E-state index contributed by atoms with van der Waals surface area (Å²) < 4.78 is 0.962. The van der Waals surface area contributed by atoms with Crippen molar-refractivity contribution in [2.24, 2.45) is 5.92 Å². The van der Waals surface area contributed by atoms with Gasteiger partial charge in [0, 0.05) is 29.0 Å². The zero-order chi connectivity index (χ0) is 24.5. The van der Waals surface area contributed by atoms with Crippen molar-refractivity contribution < 1.29 is 9.59 Å². The van der Waals surface area contributed by atoms with Gasteiger partial charge < -0.3 is 10.2 Å². The maximum atomic E-state index is 13.7. The average molecular weight is 542 g/mol. The van der Waals surface area contributed by atoms with Gasteiger partial charge in [0.05, 0.1) is 6.42 Å². The fraction of sp³-hybridized carbons (Fsp3) is 0.286. The van der Waals surface area contributed by atoms with Gasteiger partial charge in [-0.25, -0.2) is 0 Å². The summed E-state index contributed by atoms with van der Waals surface area (Å²) in [4.78, 5) is 28.8.